The number of benzene rings is 2. The molecule has 1 N–H and O–H groups in total. The molecular formula is C25H20FN5O3S. The Morgan fingerprint density at radius 1 is 1.17 bits per heavy atom. The summed E-state index contributed by atoms with van der Waals surface area (Å²) in [7, 11) is -3.18. The Balaban J connectivity index is 1.61. The number of nitrogens with one attached hydrogen (secondary N) is 1. The van der Waals surface area contributed by atoms with Gasteiger partial charge in [0.1, 0.15) is 17.6 Å². The maximum atomic E-state index is 13.6. The van der Waals surface area contributed by atoms with Crippen molar-refractivity contribution in [2.45, 2.75) is 18.9 Å². The fourth-order valence-corrected chi connectivity index (χ4v) is 6.43. The number of carbonyl (C=O) groups excluding carboxylic acids is 1. The predicted octanol–water partition coefficient (Wildman–Crippen LogP) is 3.41. The molecule has 3 heterocycles. The molecule has 0 saturated carbocycles. The molecule has 0 aliphatic carbocycles. The topological polar surface area (TPSA) is 118 Å². The van der Waals surface area contributed by atoms with E-state index in [-0.39, 0.29) is 11.5 Å². The lowest BCUT2D eigenvalue weighted by molar-refractivity contribution is 0.0915. The number of pyridine rings is 1. The number of rotatable bonds is 4. The monoisotopic (exact) mass is 489 g/mol. The fourth-order valence-electron chi connectivity index (χ4n) is 4.33. The number of hydrogen-bond donors (Lipinski definition) is 1. The molecule has 2 aromatic carbocycles. The summed E-state index contributed by atoms with van der Waals surface area (Å²) in [5.41, 5.74) is 2.22. The van der Waals surface area contributed by atoms with Crippen molar-refractivity contribution in [1.29, 1.82) is 5.26 Å². The number of nitrogens with zero attached hydrogens (tertiary/aromatic N) is 4. The molecule has 1 aliphatic rings. The van der Waals surface area contributed by atoms with Crippen LogP contribution in [0.5, 0.6) is 0 Å². The first-order chi connectivity index (χ1) is 16.7. The zero-order valence-electron chi connectivity index (χ0n) is 18.7. The molecule has 2 aromatic heterocycles. The summed E-state index contributed by atoms with van der Waals surface area (Å²) in [6.45, 7) is 1.73. The number of carbonyl (C=O) groups is 1. The van der Waals surface area contributed by atoms with E-state index in [0.29, 0.717) is 45.4 Å². The molecule has 8 nitrogen and oxygen atoms in total. The van der Waals surface area contributed by atoms with Crippen molar-refractivity contribution < 1.29 is 17.6 Å². The number of fused-ring (bicyclic) bond motifs is 1. The van der Waals surface area contributed by atoms with E-state index < -0.39 is 27.1 Å². The molecule has 1 saturated heterocycles. The number of aromatic nitrogens is 3. The molecule has 1 atom stereocenters. The van der Waals surface area contributed by atoms with Crippen LogP contribution < -0.4 is 5.32 Å². The van der Waals surface area contributed by atoms with Crippen LogP contribution in [0.2, 0.25) is 0 Å². The first-order valence-corrected chi connectivity index (χ1v) is 12.7. The van der Waals surface area contributed by atoms with E-state index in [1.807, 2.05) is 0 Å². The SMILES string of the molecule is C[C@@]1(NC(=O)c2ccc3c(-c4cncc(C#N)c4)nn(-c4ccc(F)cc4)c3c2)CCS(=O)(=O)C1. The standard InChI is InChI=1S/C25H20FN5O3S/c1-25(8-9-35(33,34)15-25)29-24(32)17-2-7-21-22(11-17)31(20-5-3-19(26)4-6-20)30-23(21)18-10-16(12-27)13-28-14-18/h2-7,10-11,13-14H,8-9,15H2,1H3,(H,29,32)/t25-/m1/s1. The molecule has 1 aliphatic heterocycles. The molecular weight excluding hydrogens is 469 g/mol. The molecule has 1 fully saturated rings. The van der Waals surface area contributed by atoms with Crippen LogP contribution in [0.15, 0.2) is 60.9 Å². The second-order valence-electron chi connectivity index (χ2n) is 8.90. The number of amides is 1. The zero-order valence-corrected chi connectivity index (χ0v) is 19.5. The van der Waals surface area contributed by atoms with Crippen molar-refractivity contribution >= 4 is 26.6 Å². The van der Waals surface area contributed by atoms with Crippen LogP contribution in [0.1, 0.15) is 29.3 Å². The van der Waals surface area contributed by atoms with E-state index in [1.165, 1.54) is 18.3 Å². The van der Waals surface area contributed by atoms with E-state index >= 15 is 0 Å². The smallest absolute Gasteiger partial charge is 0.251 e. The second kappa shape index (κ2) is 8.29. The third kappa shape index (κ3) is 4.38. The van der Waals surface area contributed by atoms with Gasteiger partial charge in [-0.25, -0.2) is 17.5 Å². The Labute approximate surface area is 200 Å². The lowest BCUT2D eigenvalue weighted by Gasteiger charge is -2.23. The number of nitriles is 1. The average molecular weight is 490 g/mol. The van der Waals surface area contributed by atoms with E-state index in [1.54, 1.807) is 54.2 Å². The van der Waals surface area contributed by atoms with E-state index in [2.05, 4.69) is 16.4 Å². The molecule has 10 heteroatoms. The predicted molar refractivity (Wildman–Crippen MR) is 128 cm³/mol. The Morgan fingerprint density at radius 3 is 2.63 bits per heavy atom. The van der Waals surface area contributed by atoms with Crippen LogP contribution in [0.4, 0.5) is 4.39 Å². The summed E-state index contributed by atoms with van der Waals surface area (Å²) in [6.07, 6.45) is 3.40. The van der Waals surface area contributed by atoms with Gasteiger partial charge in [0.25, 0.3) is 5.91 Å². The average Bonchev–Trinajstić information content (AvgIpc) is 3.35. The Hall–Kier alpha value is -4.10. The normalized spacial score (nSPS) is 18.9. The highest BCUT2D eigenvalue weighted by molar-refractivity contribution is 7.91. The summed E-state index contributed by atoms with van der Waals surface area (Å²) in [6, 6.07) is 14.6. The first kappa shape index (κ1) is 22.7. The molecule has 176 valence electrons. The quantitative estimate of drug-likeness (QED) is 0.469. The maximum Gasteiger partial charge on any atom is 0.251 e. The molecule has 0 unspecified atom stereocenters. The van der Waals surface area contributed by atoms with Crippen molar-refractivity contribution in [3.8, 4) is 23.0 Å². The van der Waals surface area contributed by atoms with Crippen molar-refractivity contribution in [2.24, 2.45) is 0 Å². The van der Waals surface area contributed by atoms with Gasteiger partial charge in [-0.2, -0.15) is 10.4 Å². The number of sulfone groups is 1. The second-order valence-corrected chi connectivity index (χ2v) is 11.1. The molecule has 1 amide bonds. The fraction of sp³-hybridized carbons (Fsp3) is 0.200. The third-order valence-electron chi connectivity index (χ3n) is 6.07. The van der Waals surface area contributed by atoms with Gasteiger partial charge in [-0.1, -0.05) is 0 Å². The van der Waals surface area contributed by atoms with Crippen molar-refractivity contribution in [1.82, 2.24) is 20.1 Å². The van der Waals surface area contributed by atoms with E-state index in [9.17, 15) is 22.9 Å². The van der Waals surface area contributed by atoms with Gasteiger partial charge < -0.3 is 5.32 Å². The highest BCUT2D eigenvalue weighted by Gasteiger charge is 2.39. The summed E-state index contributed by atoms with van der Waals surface area (Å²) >= 11 is 0. The van der Waals surface area contributed by atoms with Gasteiger partial charge in [0, 0.05) is 28.9 Å². The minimum Gasteiger partial charge on any atom is -0.346 e. The lowest BCUT2D eigenvalue weighted by Crippen LogP contribution is -2.46. The Kier molecular flexibility index (Phi) is 5.37. The van der Waals surface area contributed by atoms with Crippen molar-refractivity contribution in [3.63, 3.8) is 0 Å². The van der Waals surface area contributed by atoms with Gasteiger partial charge in [-0.15, -0.1) is 0 Å². The van der Waals surface area contributed by atoms with Gasteiger partial charge in [-0.05, 0) is 61.9 Å². The highest BCUT2D eigenvalue weighted by atomic mass is 32.2. The van der Waals surface area contributed by atoms with E-state index in [0.717, 1.165) is 0 Å². The summed E-state index contributed by atoms with van der Waals surface area (Å²) in [5.74, 6) is -0.850. The minimum atomic E-state index is -3.18. The van der Waals surface area contributed by atoms with Gasteiger partial charge in [0.2, 0.25) is 0 Å². The van der Waals surface area contributed by atoms with Gasteiger partial charge in [0.15, 0.2) is 9.84 Å². The van der Waals surface area contributed by atoms with Crippen molar-refractivity contribution in [3.05, 3.63) is 77.9 Å². The first-order valence-electron chi connectivity index (χ1n) is 10.8. The van der Waals surface area contributed by atoms with Crippen LogP contribution in [0.25, 0.3) is 27.8 Å². The number of hydrogen-bond acceptors (Lipinski definition) is 6. The Bertz CT molecular complexity index is 1620. The van der Waals surface area contributed by atoms with Gasteiger partial charge in [0.05, 0.1) is 33.8 Å². The molecule has 35 heavy (non-hydrogen) atoms. The lowest BCUT2D eigenvalue weighted by atomic mass is 10.0. The van der Waals surface area contributed by atoms with Gasteiger partial charge in [-0.3, -0.25) is 9.78 Å². The molecule has 0 radical (unpaired) electrons. The molecule has 0 bridgehead atoms. The largest absolute Gasteiger partial charge is 0.346 e. The zero-order chi connectivity index (χ0) is 24.8. The molecule has 0 spiro atoms. The maximum absolute atomic E-state index is 13.6. The van der Waals surface area contributed by atoms with Crippen LogP contribution >= 0.6 is 0 Å². The number of halogens is 1. The molecule has 5 rings (SSSR count). The third-order valence-corrected chi connectivity index (χ3v) is 7.98. The van der Waals surface area contributed by atoms with E-state index in [4.69, 9.17) is 5.10 Å². The van der Waals surface area contributed by atoms with Crippen molar-refractivity contribution in [2.75, 3.05) is 11.5 Å². The van der Waals surface area contributed by atoms with Crippen LogP contribution in [0, 0.1) is 17.1 Å². The summed E-state index contributed by atoms with van der Waals surface area (Å²) in [4.78, 5) is 17.2. The highest BCUT2D eigenvalue weighted by Crippen LogP contribution is 2.31. The summed E-state index contributed by atoms with van der Waals surface area (Å²) in [5, 5.41) is 17.5. The van der Waals surface area contributed by atoms with Crippen LogP contribution in [0.3, 0.4) is 0 Å². The van der Waals surface area contributed by atoms with Crippen LogP contribution in [-0.4, -0.2) is 46.1 Å². The Morgan fingerprint density at radius 2 is 1.94 bits per heavy atom. The minimum absolute atomic E-state index is 0.0410. The van der Waals surface area contributed by atoms with Gasteiger partial charge >= 0.3 is 0 Å². The molecule has 4 aromatic rings. The van der Waals surface area contributed by atoms with Crippen LogP contribution in [-0.2, 0) is 9.84 Å². The summed E-state index contributed by atoms with van der Waals surface area (Å²) < 4.78 is 39.0.